The summed E-state index contributed by atoms with van der Waals surface area (Å²) >= 11 is 0. The zero-order valence-electron chi connectivity index (χ0n) is 20.4. The van der Waals surface area contributed by atoms with E-state index >= 15 is 0 Å². The standard InChI is InChI=1S/C10H9F5O6S2.C9H10F2O6S2/c11-9(12,13)8(10(14,15)23(18,19)20)21-22(16,17)6-7-4-2-1-3-5-7;1-7-2-4-8(5-3-7)18(12,13)17-6-9(10,11)19(14,15)16/h1-5,8H,6H2,(H,18,19,20);2-5H,6H2,1H3,(H,14,15,16). The molecule has 0 aliphatic heterocycles. The minimum absolute atomic E-state index is 0.0800. The molecule has 0 radical (unpaired) electrons. The molecule has 0 aliphatic rings. The molecule has 1 atom stereocenters. The van der Waals surface area contributed by atoms with Gasteiger partial charge < -0.3 is 0 Å². The topological polar surface area (TPSA) is 195 Å². The summed E-state index contributed by atoms with van der Waals surface area (Å²) in [5, 5.41) is -10.6. The molecule has 0 aliphatic carbocycles. The van der Waals surface area contributed by atoms with E-state index in [0.29, 0.717) is 0 Å². The average Bonchev–Trinajstić information content (AvgIpc) is 2.80. The van der Waals surface area contributed by atoms with E-state index in [1.807, 2.05) is 0 Å². The van der Waals surface area contributed by atoms with E-state index in [1.165, 1.54) is 42.5 Å². The summed E-state index contributed by atoms with van der Waals surface area (Å²) in [5.74, 6) is -1.21. The van der Waals surface area contributed by atoms with Crippen molar-refractivity contribution >= 4 is 40.5 Å². The van der Waals surface area contributed by atoms with Gasteiger partial charge in [0.15, 0.2) is 0 Å². The van der Waals surface area contributed by atoms with Gasteiger partial charge in [0, 0.05) is 0 Å². The lowest BCUT2D eigenvalue weighted by atomic mass is 10.2. The Morgan fingerprint density at radius 3 is 1.62 bits per heavy atom. The van der Waals surface area contributed by atoms with Gasteiger partial charge in [-0.05, 0) is 24.6 Å². The summed E-state index contributed by atoms with van der Waals surface area (Å²) in [6, 6.07) is 11.5. The molecular weight excluding hydrogens is 681 g/mol. The van der Waals surface area contributed by atoms with Gasteiger partial charge in [0.1, 0.15) is 12.4 Å². The first-order chi connectivity index (χ1) is 18.6. The van der Waals surface area contributed by atoms with Crippen LogP contribution < -0.4 is 0 Å². The Labute approximate surface area is 234 Å². The normalized spacial score (nSPS) is 14.5. The van der Waals surface area contributed by atoms with E-state index in [-0.39, 0.29) is 5.56 Å². The fraction of sp³-hybridized carbons (Fsp3) is 0.368. The van der Waals surface area contributed by atoms with E-state index in [2.05, 4.69) is 8.37 Å². The Morgan fingerprint density at radius 2 is 1.21 bits per heavy atom. The van der Waals surface area contributed by atoms with Crippen LogP contribution in [0.3, 0.4) is 0 Å². The quantitative estimate of drug-likeness (QED) is 0.198. The van der Waals surface area contributed by atoms with Crippen LogP contribution in [0.2, 0.25) is 0 Å². The summed E-state index contributed by atoms with van der Waals surface area (Å²) in [6.45, 7) is -0.314. The molecule has 1 unspecified atom stereocenters. The van der Waals surface area contributed by atoms with Gasteiger partial charge in [-0.2, -0.15) is 64.4 Å². The molecule has 0 aromatic heterocycles. The second-order valence-electron chi connectivity index (χ2n) is 7.88. The van der Waals surface area contributed by atoms with Crippen LogP contribution in [0, 0.1) is 6.92 Å². The predicted molar refractivity (Wildman–Crippen MR) is 127 cm³/mol. The fourth-order valence-electron chi connectivity index (χ4n) is 2.39. The van der Waals surface area contributed by atoms with Gasteiger partial charge in [-0.3, -0.25) is 13.3 Å². The maximum absolute atomic E-state index is 13.2. The van der Waals surface area contributed by atoms with E-state index < -0.39 is 80.5 Å². The molecule has 2 rings (SSSR count). The lowest BCUT2D eigenvalue weighted by molar-refractivity contribution is -0.237. The molecule has 0 saturated carbocycles. The Morgan fingerprint density at radius 1 is 0.738 bits per heavy atom. The Bertz CT molecular complexity index is 1640. The van der Waals surface area contributed by atoms with Crippen LogP contribution in [-0.2, 0) is 54.6 Å². The molecule has 0 heterocycles. The third kappa shape index (κ3) is 10.7. The van der Waals surface area contributed by atoms with Crippen molar-refractivity contribution in [3.05, 3.63) is 65.7 Å². The molecule has 0 fully saturated rings. The van der Waals surface area contributed by atoms with Crippen LogP contribution >= 0.6 is 0 Å². The Hall–Kier alpha value is -2.41. The molecule has 42 heavy (non-hydrogen) atoms. The fourth-order valence-corrected chi connectivity index (χ4v) is 5.29. The summed E-state index contributed by atoms with van der Waals surface area (Å²) < 4.78 is 201. The maximum atomic E-state index is 13.2. The first kappa shape index (κ1) is 37.6. The van der Waals surface area contributed by atoms with E-state index in [1.54, 1.807) is 6.92 Å². The Balaban J connectivity index is 0.000000428. The van der Waals surface area contributed by atoms with Gasteiger partial charge in [-0.1, -0.05) is 48.0 Å². The van der Waals surface area contributed by atoms with E-state index in [0.717, 1.165) is 17.7 Å². The molecule has 0 spiro atoms. The number of halogens is 7. The van der Waals surface area contributed by atoms with Gasteiger partial charge in [-0.25, -0.2) is 4.18 Å². The lowest BCUT2D eigenvalue weighted by Crippen LogP contribution is -2.52. The molecule has 0 bridgehead atoms. The minimum Gasteiger partial charge on any atom is -0.281 e. The maximum Gasteiger partial charge on any atom is 0.423 e. The van der Waals surface area contributed by atoms with Crippen molar-refractivity contribution < 1.29 is 81.9 Å². The first-order valence-corrected chi connectivity index (χ1v) is 16.2. The Kier molecular flexibility index (Phi) is 11.7. The predicted octanol–water partition coefficient (Wildman–Crippen LogP) is 3.13. The number of aryl methyl sites for hydroxylation is 1. The van der Waals surface area contributed by atoms with Crippen LogP contribution in [0.5, 0.6) is 0 Å². The van der Waals surface area contributed by atoms with Crippen LogP contribution in [0.4, 0.5) is 30.7 Å². The second kappa shape index (κ2) is 13.1. The van der Waals surface area contributed by atoms with Crippen molar-refractivity contribution in [2.24, 2.45) is 0 Å². The smallest absolute Gasteiger partial charge is 0.281 e. The highest BCUT2D eigenvalue weighted by atomic mass is 32.2. The molecule has 2 aromatic carbocycles. The average molecular weight is 701 g/mol. The summed E-state index contributed by atoms with van der Waals surface area (Å²) in [6.07, 6.45) is -10.7. The van der Waals surface area contributed by atoms with Crippen molar-refractivity contribution in [2.75, 3.05) is 6.61 Å². The van der Waals surface area contributed by atoms with E-state index in [9.17, 15) is 64.4 Å². The highest BCUT2D eigenvalue weighted by Crippen LogP contribution is 2.39. The number of rotatable bonds is 11. The third-order valence-electron chi connectivity index (χ3n) is 4.44. The molecule has 240 valence electrons. The minimum atomic E-state index is -6.57. The molecule has 23 heteroatoms. The van der Waals surface area contributed by atoms with Crippen molar-refractivity contribution in [1.82, 2.24) is 0 Å². The van der Waals surface area contributed by atoms with Gasteiger partial charge in [-0.15, -0.1) is 0 Å². The molecule has 2 aromatic rings. The third-order valence-corrected chi connectivity index (χ3v) is 8.67. The van der Waals surface area contributed by atoms with Crippen molar-refractivity contribution in [3.63, 3.8) is 0 Å². The lowest BCUT2D eigenvalue weighted by Gasteiger charge is -2.25. The van der Waals surface area contributed by atoms with Gasteiger partial charge in [0.05, 0.1) is 4.90 Å². The number of hydrogen-bond donors (Lipinski definition) is 2. The largest absolute Gasteiger partial charge is 0.423 e. The second-order valence-corrected chi connectivity index (χ2v) is 14.1. The number of benzene rings is 2. The summed E-state index contributed by atoms with van der Waals surface area (Å²) in [5.41, 5.74) is 0.658. The highest BCUT2D eigenvalue weighted by molar-refractivity contribution is 7.88. The molecule has 2 N–H and O–H groups in total. The monoisotopic (exact) mass is 700 g/mol. The van der Waals surface area contributed by atoms with Crippen molar-refractivity contribution in [3.8, 4) is 0 Å². The highest BCUT2D eigenvalue weighted by Gasteiger charge is 2.66. The van der Waals surface area contributed by atoms with Gasteiger partial charge >= 0.3 is 36.9 Å². The molecule has 12 nitrogen and oxygen atoms in total. The molecule has 0 saturated heterocycles. The summed E-state index contributed by atoms with van der Waals surface area (Å²) in [7, 11) is -22.1. The summed E-state index contributed by atoms with van der Waals surface area (Å²) in [4.78, 5) is -0.399. The molecule has 0 amide bonds. The number of hydrogen-bond acceptors (Lipinski definition) is 10. The van der Waals surface area contributed by atoms with Crippen molar-refractivity contribution in [1.29, 1.82) is 0 Å². The van der Waals surface area contributed by atoms with Gasteiger partial charge in [0.2, 0.25) is 0 Å². The SMILES string of the molecule is Cc1ccc(S(=O)(=O)OCC(F)(F)S(=O)(=O)O)cc1.O=S(=O)(Cc1ccccc1)OC(C(F)(F)F)C(F)(F)S(=O)(=O)O. The van der Waals surface area contributed by atoms with Crippen LogP contribution in [0.25, 0.3) is 0 Å². The molecular formula is C19H19F7O12S4. The first-order valence-electron chi connectivity index (χ1n) is 10.3. The number of alkyl halides is 7. The van der Waals surface area contributed by atoms with Crippen molar-refractivity contribution in [2.45, 2.75) is 40.4 Å². The van der Waals surface area contributed by atoms with E-state index in [4.69, 9.17) is 9.11 Å². The van der Waals surface area contributed by atoms with Crippen LogP contribution in [0.15, 0.2) is 59.5 Å². The zero-order valence-corrected chi connectivity index (χ0v) is 23.7. The van der Waals surface area contributed by atoms with Crippen LogP contribution in [0.1, 0.15) is 11.1 Å². The van der Waals surface area contributed by atoms with Gasteiger partial charge in [0.25, 0.3) is 26.3 Å². The van der Waals surface area contributed by atoms with Crippen LogP contribution in [-0.4, -0.2) is 72.2 Å². The zero-order chi connectivity index (χ0) is 33.0.